The Morgan fingerprint density at radius 3 is 2.48 bits per heavy atom. The standard InChI is InChI=1S/C23H27F2NO5/c1-23(24,25)20-8-3-16(22(27)28-2)15-21(20)26-17-4-6-18(7-5-17)30-13-14-31-19-9-11-29-12-10-19/h3-8,15,19,26H,9-14H2,1-2H3. The molecule has 168 valence electrons. The molecule has 2 aromatic carbocycles. The fraction of sp³-hybridized carbons (Fsp3) is 0.435. The van der Waals surface area contributed by atoms with Crippen LogP contribution in [0.5, 0.6) is 5.75 Å². The van der Waals surface area contributed by atoms with Gasteiger partial charge in [-0.15, -0.1) is 0 Å². The first kappa shape index (κ1) is 23.0. The van der Waals surface area contributed by atoms with Crippen LogP contribution in [0.15, 0.2) is 42.5 Å². The van der Waals surface area contributed by atoms with Gasteiger partial charge >= 0.3 is 5.97 Å². The smallest absolute Gasteiger partial charge is 0.337 e. The first-order valence-electron chi connectivity index (χ1n) is 10.2. The normalized spacial score (nSPS) is 14.8. The summed E-state index contributed by atoms with van der Waals surface area (Å²) in [5.74, 6) is -3.03. The third kappa shape index (κ3) is 6.63. The first-order chi connectivity index (χ1) is 14.9. The van der Waals surface area contributed by atoms with E-state index in [2.05, 4.69) is 10.1 Å². The maximum Gasteiger partial charge on any atom is 0.337 e. The van der Waals surface area contributed by atoms with E-state index in [-0.39, 0.29) is 22.9 Å². The molecule has 1 aliphatic rings. The average molecular weight is 435 g/mol. The summed E-state index contributed by atoms with van der Waals surface area (Å²) in [4.78, 5) is 11.8. The van der Waals surface area contributed by atoms with Gasteiger partial charge in [-0.3, -0.25) is 0 Å². The molecule has 6 nitrogen and oxygen atoms in total. The van der Waals surface area contributed by atoms with Crippen LogP contribution in [0.2, 0.25) is 0 Å². The molecule has 2 aromatic rings. The summed E-state index contributed by atoms with van der Waals surface area (Å²) in [5, 5.41) is 2.96. The van der Waals surface area contributed by atoms with E-state index >= 15 is 0 Å². The minimum atomic E-state index is -3.08. The lowest BCUT2D eigenvalue weighted by Crippen LogP contribution is -2.25. The van der Waals surface area contributed by atoms with Gasteiger partial charge in [0.1, 0.15) is 12.4 Å². The second-order valence-electron chi connectivity index (χ2n) is 7.32. The van der Waals surface area contributed by atoms with Gasteiger partial charge < -0.3 is 24.3 Å². The summed E-state index contributed by atoms with van der Waals surface area (Å²) >= 11 is 0. The van der Waals surface area contributed by atoms with Gasteiger partial charge in [0.25, 0.3) is 5.92 Å². The Morgan fingerprint density at radius 1 is 1.13 bits per heavy atom. The summed E-state index contributed by atoms with van der Waals surface area (Å²) < 4.78 is 49.4. The number of rotatable bonds is 9. The Bertz CT molecular complexity index is 861. The number of nitrogens with one attached hydrogen (secondary N) is 1. The number of halogens is 2. The lowest BCUT2D eigenvalue weighted by Gasteiger charge is -2.22. The van der Waals surface area contributed by atoms with Crippen LogP contribution in [-0.4, -0.2) is 45.6 Å². The molecule has 31 heavy (non-hydrogen) atoms. The molecular weight excluding hydrogens is 408 g/mol. The summed E-state index contributed by atoms with van der Waals surface area (Å²) in [6.45, 7) is 3.17. The number of hydrogen-bond donors (Lipinski definition) is 1. The van der Waals surface area contributed by atoms with Crippen molar-refractivity contribution in [3.63, 3.8) is 0 Å². The molecule has 1 fully saturated rings. The molecule has 1 aliphatic heterocycles. The van der Waals surface area contributed by atoms with Gasteiger partial charge in [0, 0.05) is 37.1 Å². The van der Waals surface area contributed by atoms with Crippen LogP contribution in [0.4, 0.5) is 20.2 Å². The van der Waals surface area contributed by atoms with E-state index in [0.29, 0.717) is 24.7 Å². The largest absolute Gasteiger partial charge is 0.491 e. The van der Waals surface area contributed by atoms with Gasteiger partial charge in [-0.25, -0.2) is 13.6 Å². The van der Waals surface area contributed by atoms with Crippen molar-refractivity contribution in [3.05, 3.63) is 53.6 Å². The van der Waals surface area contributed by atoms with Crippen LogP contribution in [0.3, 0.4) is 0 Å². The number of ether oxygens (including phenoxy) is 4. The number of hydrogen-bond acceptors (Lipinski definition) is 6. The zero-order valence-electron chi connectivity index (χ0n) is 17.7. The molecule has 0 radical (unpaired) electrons. The molecule has 0 spiro atoms. The van der Waals surface area contributed by atoms with Crippen molar-refractivity contribution in [1.29, 1.82) is 0 Å². The maximum atomic E-state index is 14.0. The number of esters is 1. The maximum absolute atomic E-state index is 14.0. The minimum absolute atomic E-state index is 0.133. The molecule has 0 unspecified atom stereocenters. The minimum Gasteiger partial charge on any atom is -0.491 e. The highest BCUT2D eigenvalue weighted by Gasteiger charge is 2.28. The van der Waals surface area contributed by atoms with Crippen molar-refractivity contribution < 1.29 is 32.5 Å². The van der Waals surface area contributed by atoms with Crippen molar-refractivity contribution >= 4 is 17.3 Å². The molecule has 0 aromatic heterocycles. The monoisotopic (exact) mass is 435 g/mol. The van der Waals surface area contributed by atoms with Gasteiger partial charge in [-0.2, -0.15) is 0 Å². The summed E-state index contributed by atoms with van der Waals surface area (Å²) in [6.07, 6.45) is 2.02. The highest BCUT2D eigenvalue weighted by atomic mass is 19.3. The Hall–Kier alpha value is -2.71. The molecule has 8 heteroatoms. The topological polar surface area (TPSA) is 66.0 Å². The third-order valence-electron chi connectivity index (χ3n) is 4.92. The predicted molar refractivity (Wildman–Crippen MR) is 112 cm³/mol. The molecule has 3 rings (SSSR count). The number of methoxy groups -OCH3 is 1. The van der Waals surface area contributed by atoms with Crippen LogP contribution in [0, 0.1) is 0 Å². The summed E-state index contributed by atoms with van der Waals surface area (Å²) in [5.41, 5.74) is 0.681. The molecule has 0 amide bonds. The fourth-order valence-electron chi connectivity index (χ4n) is 3.28. The van der Waals surface area contributed by atoms with E-state index in [0.717, 1.165) is 33.0 Å². The van der Waals surface area contributed by atoms with Gasteiger partial charge in [0.15, 0.2) is 0 Å². The van der Waals surface area contributed by atoms with E-state index in [1.54, 1.807) is 24.3 Å². The Morgan fingerprint density at radius 2 is 1.84 bits per heavy atom. The van der Waals surface area contributed by atoms with Crippen LogP contribution in [-0.2, 0) is 20.1 Å². The highest BCUT2D eigenvalue weighted by molar-refractivity contribution is 5.91. The third-order valence-corrected chi connectivity index (χ3v) is 4.92. The van der Waals surface area contributed by atoms with Crippen LogP contribution < -0.4 is 10.1 Å². The zero-order chi connectivity index (χ0) is 22.3. The lowest BCUT2D eigenvalue weighted by atomic mass is 10.0. The molecule has 0 bridgehead atoms. The van der Waals surface area contributed by atoms with Crippen LogP contribution in [0.1, 0.15) is 35.7 Å². The van der Waals surface area contributed by atoms with Gasteiger partial charge in [0.2, 0.25) is 0 Å². The van der Waals surface area contributed by atoms with Crippen molar-refractivity contribution in [3.8, 4) is 5.75 Å². The molecule has 0 aliphatic carbocycles. The number of carbonyl (C=O) groups is 1. The Kier molecular flexibility index (Phi) is 7.81. The van der Waals surface area contributed by atoms with Crippen LogP contribution >= 0.6 is 0 Å². The molecule has 1 heterocycles. The van der Waals surface area contributed by atoms with Crippen molar-refractivity contribution in [1.82, 2.24) is 0 Å². The fourth-order valence-corrected chi connectivity index (χ4v) is 3.28. The van der Waals surface area contributed by atoms with Crippen LogP contribution in [0.25, 0.3) is 0 Å². The molecule has 1 N–H and O–H groups in total. The van der Waals surface area contributed by atoms with E-state index in [1.807, 2.05) is 0 Å². The molecule has 0 atom stereocenters. The first-order valence-corrected chi connectivity index (χ1v) is 10.2. The molecule has 0 saturated carbocycles. The summed E-state index contributed by atoms with van der Waals surface area (Å²) in [7, 11) is 1.24. The zero-order valence-corrected chi connectivity index (χ0v) is 17.7. The Balaban J connectivity index is 1.60. The van der Waals surface area contributed by atoms with E-state index in [1.165, 1.54) is 25.3 Å². The highest BCUT2D eigenvalue weighted by Crippen LogP contribution is 2.35. The quantitative estimate of drug-likeness (QED) is 0.446. The lowest BCUT2D eigenvalue weighted by molar-refractivity contribution is -0.0388. The van der Waals surface area contributed by atoms with Gasteiger partial charge in [0.05, 0.1) is 25.4 Å². The van der Waals surface area contributed by atoms with Gasteiger partial charge in [-0.05, 0) is 49.2 Å². The average Bonchev–Trinajstić information content (AvgIpc) is 2.77. The second kappa shape index (κ2) is 10.5. The SMILES string of the molecule is COC(=O)c1ccc(C(C)(F)F)c(Nc2ccc(OCCOC3CCOCC3)cc2)c1. The number of carbonyl (C=O) groups excluding carboxylic acids is 1. The number of alkyl halides is 2. The van der Waals surface area contributed by atoms with E-state index in [4.69, 9.17) is 14.2 Å². The molecular formula is C23H27F2NO5. The second-order valence-corrected chi connectivity index (χ2v) is 7.32. The van der Waals surface area contributed by atoms with Crippen molar-refractivity contribution in [2.24, 2.45) is 0 Å². The van der Waals surface area contributed by atoms with Crippen molar-refractivity contribution in [2.45, 2.75) is 31.8 Å². The van der Waals surface area contributed by atoms with Crippen molar-refractivity contribution in [2.75, 3.05) is 38.9 Å². The summed E-state index contributed by atoms with van der Waals surface area (Å²) in [6, 6.07) is 10.8. The van der Waals surface area contributed by atoms with E-state index in [9.17, 15) is 13.6 Å². The van der Waals surface area contributed by atoms with E-state index < -0.39 is 11.9 Å². The molecule has 1 saturated heterocycles. The predicted octanol–water partition coefficient (Wildman–Crippen LogP) is 4.90. The number of benzene rings is 2. The van der Waals surface area contributed by atoms with Gasteiger partial charge in [-0.1, -0.05) is 6.07 Å². The Labute approximate surface area is 180 Å². The number of anilines is 2.